The third-order valence-electron chi connectivity index (χ3n) is 21.3. The van der Waals surface area contributed by atoms with Crippen LogP contribution in [0, 0.1) is 34.3 Å². The van der Waals surface area contributed by atoms with Crippen molar-refractivity contribution < 1.29 is 47.8 Å². The van der Waals surface area contributed by atoms with Gasteiger partial charge in [0.15, 0.2) is 23.2 Å². The molecular weight excluding hydrogens is 1900 g/mol. The van der Waals surface area contributed by atoms with Crippen molar-refractivity contribution in [3.63, 3.8) is 0 Å². The molecule has 18 aromatic rings. The lowest BCUT2D eigenvalue weighted by Crippen LogP contribution is -2.17. The van der Waals surface area contributed by atoms with Crippen LogP contribution in [0.3, 0.4) is 0 Å². The van der Waals surface area contributed by atoms with E-state index in [0.717, 1.165) is 72.7 Å². The van der Waals surface area contributed by atoms with Crippen LogP contribution < -0.4 is 38.1 Å². The van der Waals surface area contributed by atoms with Gasteiger partial charge in [0.25, 0.3) is 11.8 Å². The van der Waals surface area contributed by atoms with E-state index in [1.165, 1.54) is 53.2 Å². The van der Waals surface area contributed by atoms with Gasteiger partial charge >= 0.3 is 12.2 Å². The summed E-state index contributed by atoms with van der Waals surface area (Å²) in [5, 5.41) is 40.5. The van der Waals surface area contributed by atoms with Crippen LogP contribution in [0.4, 0.5) is 44.4 Å². The lowest BCUT2D eigenvalue weighted by Gasteiger charge is -2.11. The summed E-state index contributed by atoms with van der Waals surface area (Å²) in [6.07, 6.45) is 28.1. The third kappa shape index (κ3) is 24.4. The van der Waals surface area contributed by atoms with Crippen LogP contribution in [0.2, 0.25) is 20.1 Å². The molecule has 0 saturated carbocycles. The maximum Gasteiger partial charge on any atom is 0.412 e. The number of hydrogen-bond acceptors (Lipinski definition) is 22. The molecule has 142 heavy (non-hydrogen) atoms. The molecule has 13 heterocycles. The molecule has 0 fully saturated rings. The lowest BCUT2D eigenvalue weighted by atomic mass is 10.0. The molecule has 5 aromatic carbocycles. The van der Waals surface area contributed by atoms with Gasteiger partial charge in [-0.3, -0.25) is 49.9 Å². The van der Waals surface area contributed by atoms with E-state index in [1.54, 1.807) is 125 Å². The highest BCUT2D eigenvalue weighted by Crippen LogP contribution is 2.42. The number of H-pyrrole nitrogens is 3. The number of nitrogens with zero attached hydrogens (tertiary/aromatic N) is 18. The predicted octanol–water partition coefficient (Wildman–Crippen LogP) is 19.7. The van der Waals surface area contributed by atoms with Crippen LogP contribution in [0.1, 0.15) is 70.2 Å². The molecule has 0 bridgehead atoms. The van der Waals surface area contributed by atoms with E-state index >= 15 is 0 Å². The van der Waals surface area contributed by atoms with Gasteiger partial charge in [0, 0.05) is 209 Å². The molecule has 12 N–H and O–H groups in total. The number of nitrogens with two attached hydrogens (primary N) is 2. The molecular formula is C100H88Cl4N28O10. The Bertz CT molecular complexity index is 7680. The number of rotatable bonds is 24. The maximum atomic E-state index is 12.0. The molecule has 7 amide bonds. The number of carbonyl (C=O) groups excluding carboxylic acids is 7. The van der Waals surface area contributed by atoms with Gasteiger partial charge < -0.3 is 59.9 Å². The number of ether oxygens (including phenoxy) is 3. The number of aromatic nitrogens is 20. The van der Waals surface area contributed by atoms with Crippen molar-refractivity contribution >= 4 is 123 Å². The minimum Gasteiger partial charge on any atom is -0.453 e. The Kier molecular flexibility index (Phi) is 32.6. The number of benzene rings is 5. The molecule has 0 spiro atoms. The van der Waals surface area contributed by atoms with Gasteiger partial charge in [-0.25, -0.2) is 59.0 Å². The highest BCUT2D eigenvalue weighted by Gasteiger charge is 2.26. The van der Waals surface area contributed by atoms with E-state index in [-0.39, 0.29) is 35.7 Å². The van der Waals surface area contributed by atoms with Crippen molar-refractivity contribution in [2.75, 3.05) is 54.0 Å². The van der Waals surface area contributed by atoms with E-state index < -0.39 is 24.0 Å². The predicted molar refractivity (Wildman–Crippen MR) is 542 cm³/mol. The van der Waals surface area contributed by atoms with Crippen LogP contribution in [-0.4, -0.2) is 168 Å². The zero-order valence-corrected chi connectivity index (χ0v) is 80.3. The first-order valence-corrected chi connectivity index (χ1v) is 44.6. The maximum absolute atomic E-state index is 12.0. The Labute approximate surface area is 831 Å². The molecule has 716 valence electrons. The average Bonchev–Trinajstić information content (AvgIpc) is 1.65. The van der Waals surface area contributed by atoms with E-state index in [9.17, 15) is 33.6 Å². The summed E-state index contributed by atoms with van der Waals surface area (Å²) in [5.74, 6) is 2.23. The number of anilines is 5. The molecule has 0 radical (unpaired) electrons. The molecule has 38 nitrogen and oxygen atoms in total. The Morgan fingerprint density at radius 1 is 0.394 bits per heavy atom. The molecule has 13 aromatic heterocycles. The Hall–Kier alpha value is -17.9. The second-order valence-electron chi connectivity index (χ2n) is 31.1. The molecule has 0 aliphatic rings. The molecule has 0 atom stereocenters. The fourth-order valence-electron chi connectivity index (χ4n) is 14.5. The number of aryl methyl sites for hydroxylation is 4. The number of aromatic amines is 3. The number of methoxy groups -OCH3 is 2. The summed E-state index contributed by atoms with van der Waals surface area (Å²) in [4.78, 5) is 119. The van der Waals surface area contributed by atoms with E-state index in [0.29, 0.717) is 136 Å². The first-order chi connectivity index (χ1) is 68.5. The standard InChI is InChI=1S/C21H19ClN6O.C21H21ClN4O4.C20H16N8O.C20H18N6O.C18H14Cl2N4O3/c1-3-20(29)26-19-8-18(13(2)9-23-19)28-10-15(14-6-4-5-7-17(14)22)16(11-28)21-24-12-25-27-21;1-13-10-24-19(25-21(28)30-8-7-29-2)9-18(13)26-11-15(16(12-26)20(23)27)14-5-3-4-6-17(14)22;1-12-9-22-18(25-13(2)29)8-17(12)28-10-15(20-23-11-24-26-20)19(27-28)14-6-4-5-7-16(14)21-3;1-13-9-21-19(24-14(2)27)8-18(13)26-10-16(15-6-4-3-5-7-15)17(11-26)20-22-12-23-25-20;1-27-18(26)23-16-6-15(14(20)7-22-16)24-8-11(12(9-24)17(21)25)10-4-2-3-5-13(10)19/h4-12H,3H2,1-2H3,(H,23,26,29)(H,24,25,27);3-6,9-12H,7-8H2,1-2H3,(H2,23,27)(H,24,25,28);4-11H,1-2H3,(H,22,25,29)(H,23,24,26);3-12H,1-2H3,(H,21,24,27)(H,22,23,25);2-9H,1H3,(H2,21,25)(H,22,23,26). The number of pyridine rings is 5. The molecule has 0 aliphatic carbocycles. The van der Waals surface area contributed by atoms with Gasteiger partial charge in [0.1, 0.15) is 54.7 Å². The Morgan fingerprint density at radius 3 is 1.23 bits per heavy atom. The lowest BCUT2D eigenvalue weighted by molar-refractivity contribution is -0.116. The normalized spacial score (nSPS) is 10.6. The van der Waals surface area contributed by atoms with Gasteiger partial charge in [0.2, 0.25) is 17.7 Å². The molecule has 0 aliphatic heterocycles. The van der Waals surface area contributed by atoms with Gasteiger partial charge in [-0.2, -0.15) is 20.4 Å². The largest absolute Gasteiger partial charge is 0.453 e. The number of hydrogen-bond donors (Lipinski definition) is 10. The summed E-state index contributed by atoms with van der Waals surface area (Å²) in [6, 6.07) is 48.0. The van der Waals surface area contributed by atoms with Crippen molar-refractivity contribution in [1.29, 1.82) is 0 Å². The van der Waals surface area contributed by atoms with Crippen LogP contribution in [0.15, 0.2) is 263 Å². The van der Waals surface area contributed by atoms with Crippen molar-refractivity contribution in [3.8, 4) is 118 Å². The second-order valence-corrected chi connectivity index (χ2v) is 32.7. The Morgan fingerprint density at radius 2 is 0.775 bits per heavy atom. The summed E-state index contributed by atoms with van der Waals surface area (Å²) < 4.78 is 23.4. The fourth-order valence-corrected chi connectivity index (χ4v) is 15.4. The zero-order chi connectivity index (χ0) is 101. The Balaban J connectivity index is 0.000000141. The highest BCUT2D eigenvalue weighted by atomic mass is 35.5. The van der Waals surface area contributed by atoms with Crippen molar-refractivity contribution in [1.82, 2.24) is 98.5 Å². The van der Waals surface area contributed by atoms with Gasteiger partial charge in [0.05, 0.1) is 82.3 Å². The van der Waals surface area contributed by atoms with Gasteiger partial charge in [-0.15, -0.1) is 0 Å². The summed E-state index contributed by atoms with van der Waals surface area (Å²) >= 11 is 25.3. The third-order valence-corrected chi connectivity index (χ3v) is 22.6. The van der Waals surface area contributed by atoms with Gasteiger partial charge in [-0.1, -0.05) is 163 Å². The van der Waals surface area contributed by atoms with Crippen molar-refractivity contribution in [2.24, 2.45) is 11.5 Å². The van der Waals surface area contributed by atoms with Gasteiger partial charge in [-0.05, 0) is 73.7 Å². The second kappa shape index (κ2) is 46.3. The van der Waals surface area contributed by atoms with E-state index in [4.69, 9.17) is 79.0 Å². The fraction of sp³-hybridized carbons (Fsp3) is 0.120. The number of amides is 7. The number of primary amides is 2. The quantitative estimate of drug-likeness (QED) is 0.0198. The van der Waals surface area contributed by atoms with E-state index in [2.05, 4.69) is 119 Å². The summed E-state index contributed by atoms with van der Waals surface area (Å²) in [5.41, 5.74) is 29.9. The topological polar surface area (TPSA) is 490 Å². The molecule has 0 saturated heterocycles. The zero-order valence-electron chi connectivity index (χ0n) is 77.2. The monoisotopic (exact) mass is 1980 g/mol. The summed E-state index contributed by atoms with van der Waals surface area (Å²) in [7, 11) is 2.76. The first-order valence-electron chi connectivity index (χ1n) is 43.1. The van der Waals surface area contributed by atoms with Crippen LogP contribution in [0.5, 0.6) is 0 Å². The minimum absolute atomic E-state index is 0.0843. The number of nitrogens with one attached hydrogen (secondary N) is 8. The molecule has 18 rings (SSSR count). The summed E-state index contributed by atoms with van der Waals surface area (Å²) in [6.45, 7) is 20.3. The van der Waals surface area contributed by atoms with Crippen molar-refractivity contribution in [3.05, 3.63) is 328 Å². The van der Waals surface area contributed by atoms with Crippen LogP contribution >= 0.6 is 46.4 Å². The average molecular weight is 1980 g/mol. The molecule has 0 unspecified atom stereocenters. The molecule has 42 heteroatoms. The number of halogens is 4. The van der Waals surface area contributed by atoms with Crippen molar-refractivity contribution in [2.45, 2.75) is 54.9 Å². The van der Waals surface area contributed by atoms with Crippen LogP contribution in [-0.2, 0) is 28.6 Å². The number of para-hydroxylation sites is 1. The SMILES string of the molecule is CC(=O)Nc1cc(-n2cc(-c3ccccc3)c(-c3ncn[nH]3)c2)c(C)cn1.CCC(=O)Nc1cc(-n2cc(-c3ncn[nH]3)c(-c3ccccc3Cl)c2)c(C)cn1.COC(=O)Nc1cc(-n2cc(C(N)=O)c(-c3ccccc3Cl)c2)c(Cl)cn1.COCCOC(=O)Nc1cc(-n2cc(C(N)=O)c(-c3ccccc3Cl)c2)c(C)cn1.[C-]#[N+]c1ccccc1-c1nn(-c2cc(NC(C)=O)ncc2C)cc1-c1ncn[nH]1. The van der Waals surface area contributed by atoms with Crippen LogP contribution in [0.25, 0.3) is 123 Å². The number of carbonyl (C=O) groups is 7. The first kappa shape index (κ1) is 100. The van der Waals surface area contributed by atoms with E-state index in [1.807, 2.05) is 159 Å². The highest BCUT2D eigenvalue weighted by molar-refractivity contribution is 6.35. The smallest absolute Gasteiger partial charge is 0.412 e. The minimum atomic E-state index is -0.669.